The average molecular weight is 387 g/mol. The summed E-state index contributed by atoms with van der Waals surface area (Å²) in [6, 6.07) is 9.01. The standard InChI is InChI=1S/C15H22IN3O/c1-18(2)15(20)11-19-9-7-14(8-10-19)17-13-5-3-12(16)4-6-13/h3-6,14,17H,7-11H2,1-2H3. The molecule has 1 N–H and O–H groups in total. The van der Waals surface area contributed by atoms with Crippen LogP contribution >= 0.6 is 22.6 Å². The lowest BCUT2D eigenvalue weighted by atomic mass is 10.0. The van der Waals surface area contributed by atoms with Gasteiger partial charge in [-0.3, -0.25) is 9.69 Å². The highest BCUT2D eigenvalue weighted by atomic mass is 127. The molecule has 0 saturated carbocycles. The number of nitrogens with zero attached hydrogens (tertiary/aromatic N) is 2. The molecule has 1 aliphatic rings. The van der Waals surface area contributed by atoms with Gasteiger partial charge in [0.05, 0.1) is 6.54 Å². The number of benzene rings is 1. The zero-order chi connectivity index (χ0) is 14.5. The van der Waals surface area contributed by atoms with Crippen molar-refractivity contribution in [1.29, 1.82) is 0 Å². The summed E-state index contributed by atoms with van der Waals surface area (Å²) in [6.07, 6.45) is 2.18. The second-order valence-corrected chi connectivity index (χ2v) is 6.74. The maximum absolute atomic E-state index is 11.7. The number of hydrogen-bond donors (Lipinski definition) is 1. The Morgan fingerprint density at radius 3 is 2.45 bits per heavy atom. The largest absolute Gasteiger partial charge is 0.382 e. The van der Waals surface area contributed by atoms with Gasteiger partial charge in [-0.25, -0.2) is 0 Å². The molecule has 1 aromatic rings. The summed E-state index contributed by atoms with van der Waals surface area (Å²) < 4.78 is 1.25. The maximum Gasteiger partial charge on any atom is 0.236 e. The van der Waals surface area contributed by atoms with Crippen LogP contribution in [0.2, 0.25) is 0 Å². The van der Waals surface area contributed by atoms with Gasteiger partial charge < -0.3 is 10.2 Å². The molecule has 4 nitrogen and oxygen atoms in total. The predicted molar refractivity (Wildman–Crippen MR) is 90.9 cm³/mol. The number of likely N-dealkylation sites (tertiary alicyclic amines) is 1. The van der Waals surface area contributed by atoms with E-state index in [9.17, 15) is 4.79 Å². The van der Waals surface area contributed by atoms with Crippen LogP contribution in [0.3, 0.4) is 0 Å². The summed E-state index contributed by atoms with van der Waals surface area (Å²) in [4.78, 5) is 15.6. The van der Waals surface area contributed by atoms with Gasteiger partial charge in [-0.2, -0.15) is 0 Å². The molecule has 0 spiro atoms. The van der Waals surface area contributed by atoms with E-state index in [-0.39, 0.29) is 5.91 Å². The van der Waals surface area contributed by atoms with Gasteiger partial charge in [-0.15, -0.1) is 0 Å². The van der Waals surface area contributed by atoms with Crippen LogP contribution in [0.4, 0.5) is 5.69 Å². The third-order valence-electron chi connectivity index (χ3n) is 3.66. The Kier molecular flexibility index (Phi) is 5.65. The molecule has 0 bridgehead atoms. The Morgan fingerprint density at radius 2 is 1.90 bits per heavy atom. The number of nitrogens with one attached hydrogen (secondary N) is 1. The minimum absolute atomic E-state index is 0.189. The second-order valence-electron chi connectivity index (χ2n) is 5.49. The number of amides is 1. The van der Waals surface area contributed by atoms with Crippen molar-refractivity contribution in [2.24, 2.45) is 0 Å². The highest BCUT2D eigenvalue weighted by Crippen LogP contribution is 2.17. The Hall–Kier alpha value is -0.820. The highest BCUT2D eigenvalue weighted by molar-refractivity contribution is 14.1. The van der Waals surface area contributed by atoms with E-state index in [0.29, 0.717) is 12.6 Å². The Balaban J connectivity index is 1.77. The van der Waals surface area contributed by atoms with Crippen molar-refractivity contribution in [2.45, 2.75) is 18.9 Å². The fraction of sp³-hybridized carbons (Fsp3) is 0.533. The van der Waals surface area contributed by atoms with Gasteiger partial charge in [0.1, 0.15) is 0 Å². The Bertz CT molecular complexity index is 439. The summed E-state index contributed by atoms with van der Waals surface area (Å²) in [5.41, 5.74) is 1.19. The molecular weight excluding hydrogens is 365 g/mol. The van der Waals surface area contributed by atoms with Gasteiger partial charge in [0.2, 0.25) is 5.91 Å². The Labute approximate surface area is 134 Å². The summed E-state index contributed by atoms with van der Waals surface area (Å²) in [5.74, 6) is 0.189. The number of carbonyl (C=O) groups excluding carboxylic acids is 1. The van der Waals surface area contributed by atoms with Crippen LogP contribution in [0.15, 0.2) is 24.3 Å². The molecule has 20 heavy (non-hydrogen) atoms. The maximum atomic E-state index is 11.7. The van der Waals surface area contributed by atoms with Crippen molar-refractivity contribution < 1.29 is 4.79 Å². The normalized spacial score (nSPS) is 16.9. The molecule has 1 aromatic carbocycles. The van der Waals surface area contributed by atoms with Crippen LogP contribution in [0, 0.1) is 3.57 Å². The molecule has 1 saturated heterocycles. The van der Waals surface area contributed by atoms with Crippen LogP contribution in [0.5, 0.6) is 0 Å². The fourth-order valence-electron chi connectivity index (χ4n) is 2.35. The topological polar surface area (TPSA) is 35.6 Å². The molecule has 0 aliphatic carbocycles. The third-order valence-corrected chi connectivity index (χ3v) is 4.38. The first-order chi connectivity index (χ1) is 9.54. The lowest BCUT2D eigenvalue weighted by molar-refractivity contribution is -0.130. The first kappa shape index (κ1) is 15.6. The van der Waals surface area contributed by atoms with E-state index < -0.39 is 0 Å². The van der Waals surface area contributed by atoms with Crippen LogP contribution in [0.1, 0.15) is 12.8 Å². The molecule has 5 heteroatoms. The van der Waals surface area contributed by atoms with Gasteiger partial charge >= 0.3 is 0 Å². The van der Waals surface area contributed by atoms with Gasteiger partial charge in [-0.1, -0.05) is 0 Å². The number of halogens is 1. The van der Waals surface area contributed by atoms with Gasteiger partial charge in [0.15, 0.2) is 0 Å². The first-order valence-electron chi connectivity index (χ1n) is 6.99. The van der Waals surface area contributed by atoms with E-state index >= 15 is 0 Å². The summed E-state index contributed by atoms with van der Waals surface area (Å²) in [5, 5.41) is 3.58. The van der Waals surface area contributed by atoms with Crippen LogP contribution in [-0.2, 0) is 4.79 Å². The molecule has 1 amide bonds. The molecule has 0 atom stereocenters. The lowest BCUT2D eigenvalue weighted by Gasteiger charge is -2.32. The molecule has 2 rings (SSSR count). The van der Waals surface area contributed by atoms with Crippen LogP contribution < -0.4 is 5.32 Å². The van der Waals surface area contributed by atoms with E-state index in [2.05, 4.69) is 57.1 Å². The number of hydrogen-bond acceptors (Lipinski definition) is 3. The molecule has 0 radical (unpaired) electrons. The van der Waals surface area contributed by atoms with E-state index in [1.165, 1.54) is 9.26 Å². The van der Waals surface area contributed by atoms with Crippen molar-refractivity contribution in [3.05, 3.63) is 27.8 Å². The molecule has 110 valence electrons. The molecule has 0 aromatic heterocycles. The second kappa shape index (κ2) is 7.26. The van der Waals surface area contributed by atoms with Gasteiger partial charge in [0, 0.05) is 42.5 Å². The van der Waals surface area contributed by atoms with Crippen molar-refractivity contribution >= 4 is 34.2 Å². The monoisotopic (exact) mass is 387 g/mol. The molecule has 1 fully saturated rings. The quantitative estimate of drug-likeness (QED) is 0.806. The number of rotatable bonds is 4. The minimum Gasteiger partial charge on any atom is -0.382 e. The van der Waals surface area contributed by atoms with Crippen molar-refractivity contribution in [3.8, 4) is 0 Å². The summed E-state index contributed by atoms with van der Waals surface area (Å²) in [7, 11) is 3.63. The number of likely N-dealkylation sites (N-methyl/N-ethyl adjacent to an activating group) is 1. The predicted octanol–water partition coefficient (Wildman–Crippen LogP) is 2.26. The molecule has 1 heterocycles. The van der Waals surface area contributed by atoms with Gasteiger partial charge in [-0.05, 0) is 59.7 Å². The van der Waals surface area contributed by atoms with Crippen LogP contribution in [-0.4, -0.2) is 55.5 Å². The van der Waals surface area contributed by atoms with Crippen molar-refractivity contribution in [2.75, 3.05) is 39.0 Å². The van der Waals surface area contributed by atoms with Gasteiger partial charge in [0.25, 0.3) is 0 Å². The number of carbonyl (C=O) groups is 1. The fourth-order valence-corrected chi connectivity index (χ4v) is 2.71. The summed E-state index contributed by atoms with van der Waals surface area (Å²) in [6.45, 7) is 2.52. The Morgan fingerprint density at radius 1 is 1.30 bits per heavy atom. The van der Waals surface area contributed by atoms with Crippen molar-refractivity contribution in [3.63, 3.8) is 0 Å². The zero-order valence-corrected chi connectivity index (χ0v) is 14.3. The lowest BCUT2D eigenvalue weighted by Crippen LogP contribution is -2.43. The first-order valence-corrected chi connectivity index (χ1v) is 8.07. The van der Waals surface area contributed by atoms with E-state index in [1.807, 2.05) is 14.1 Å². The SMILES string of the molecule is CN(C)C(=O)CN1CCC(Nc2ccc(I)cc2)CC1. The van der Waals surface area contributed by atoms with Crippen LogP contribution in [0.25, 0.3) is 0 Å². The highest BCUT2D eigenvalue weighted by Gasteiger charge is 2.21. The molecule has 1 aliphatic heterocycles. The minimum atomic E-state index is 0.189. The summed E-state index contributed by atoms with van der Waals surface area (Å²) >= 11 is 2.32. The van der Waals surface area contributed by atoms with E-state index in [0.717, 1.165) is 25.9 Å². The zero-order valence-electron chi connectivity index (χ0n) is 12.1. The van der Waals surface area contributed by atoms with E-state index in [4.69, 9.17) is 0 Å². The van der Waals surface area contributed by atoms with Crippen molar-refractivity contribution in [1.82, 2.24) is 9.80 Å². The molecular formula is C15H22IN3O. The molecule has 0 unspecified atom stereocenters. The number of piperidine rings is 1. The van der Waals surface area contributed by atoms with E-state index in [1.54, 1.807) is 4.90 Å². The number of anilines is 1. The third kappa shape index (κ3) is 4.63. The smallest absolute Gasteiger partial charge is 0.236 e. The average Bonchev–Trinajstić information content (AvgIpc) is 2.43.